The molecule has 0 N–H and O–H groups in total. The van der Waals surface area contributed by atoms with Gasteiger partial charge in [0.05, 0.1) is 10.9 Å². The molecule has 2 rings (SSSR count). The lowest BCUT2D eigenvalue weighted by molar-refractivity contribution is 0.101. The zero-order valence-corrected chi connectivity index (χ0v) is 10.4. The van der Waals surface area contributed by atoms with Gasteiger partial charge in [-0.2, -0.15) is 0 Å². The third-order valence-electron chi connectivity index (χ3n) is 2.20. The maximum atomic E-state index is 13.0. The highest BCUT2D eigenvalue weighted by atomic mass is 35.5. The molecule has 0 saturated heterocycles. The Kier molecular flexibility index (Phi) is 3.86. The van der Waals surface area contributed by atoms with Crippen molar-refractivity contribution < 1.29 is 9.18 Å². The standard InChI is InChI=1S/C12H9ClFNOS/c13-6-11(16)10-7-17-12(15-10)5-8-2-1-3-9(14)4-8/h1-4,7H,5-6H2. The molecule has 1 aromatic carbocycles. The Hall–Kier alpha value is -1.26. The van der Waals surface area contributed by atoms with Crippen LogP contribution in [0.15, 0.2) is 29.6 Å². The summed E-state index contributed by atoms with van der Waals surface area (Å²) >= 11 is 6.82. The molecule has 0 amide bonds. The summed E-state index contributed by atoms with van der Waals surface area (Å²) in [6, 6.07) is 6.34. The molecule has 88 valence electrons. The first-order valence-electron chi connectivity index (χ1n) is 4.97. The summed E-state index contributed by atoms with van der Waals surface area (Å²) < 4.78 is 13.0. The number of carbonyl (C=O) groups excluding carboxylic acids is 1. The fraction of sp³-hybridized carbons (Fsp3) is 0.167. The molecule has 0 saturated carbocycles. The Morgan fingerprint density at radius 2 is 2.29 bits per heavy atom. The minimum absolute atomic E-state index is 0.0663. The summed E-state index contributed by atoms with van der Waals surface area (Å²) in [5.74, 6) is -0.520. The zero-order valence-electron chi connectivity index (χ0n) is 8.82. The number of alkyl halides is 1. The summed E-state index contributed by atoms with van der Waals surface area (Å²) in [6.45, 7) is 0. The number of carbonyl (C=O) groups is 1. The second-order valence-corrected chi connectivity index (χ2v) is 4.70. The van der Waals surface area contributed by atoms with Crippen molar-refractivity contribution >= 4 is 28.7 Å². The summed E-state index contributed by atoms with van der Waals surface area (Å²) in [7, 11) is 0. The van der Waals surface area contributed by atoms with Gasteiger partial charge in [-0.15, -0.1) is 22.9 Å². The number of halogens is 2. The van der Waals surface area contributed by atoms with E-state index in [0.717, 1.165) is 10.6 Å². The Morgan fingerprint density at radius 1 is 1.47 bits per heavy atom. The molecule has 0 fully saturated rings. The second kappa shape index (κ2) is 5.38. The van der Waals surface area contributed by atoms with Crippen LogP contribution in [0.1, 0.15) is 21.1 Å². The number of hydrogen-bond acceptors (Lipinski definition) is 3. The highest BCUT2D eigenvalue weighted by Gasteiger charge is 2.09. The lowest BCUT2D eigenvalue weighted by atomic mass is 10.1. The van der Waals surface area contributed by atoms with Crippen LogP contribution in [0.25, 0.3) is 0 Å². The van der Waals surface area contributed by atoms with Crippen molar-refractivity contribution in [3.63, 3.8) is 0 Å². The van der Waals surface area contributed by atoms with Crippen molar-refractivity contribution in [2.75, 3.05) is 5.88 Å². The van der Waals surface area contributed by atoms with Gasteiger partial charge in [0.25, 0.3) is 0 Å². The number of thiazole rings is 1. The van der Waals surface area contributed by atoms with Crippen molar-refractivity contribution in [2.24, 2.45) is 0 Å². The van der Waals surface area contributed by atoms with Gasteiger partial charge in [-0.05, 0) is 17.7 Å². The first kappa shape index (κ1) is 12.2. The van der Waals surface area contributed by atoms with E-state index >= 15 is 0 Å². The number of nitrogens with zero attached hydrogens (tertiary/aromatic N) is 1. The summed E-state index contributed by atoms with van der Waals surface area (Å²) in [4.78, 5) is 15.5. The molecule has 0 aliphatic heterocycles. The SMILES string of the molecule is O=C(CCl)c1csc(Cc2cccc(F)c2)n1. The molecule has 1 aromatic heterocycles. The Labute approximate surface area is 107 Å². The van der Waals surface area contributed by atoms with E-state index in [2.05, 4.69) is 4.98 Å². The summed E-state index contributed by atoms with van der Waals surface area (Å²) in [5, 5.41) is 2.46. The zero-order chi connectivity index (χ0) is 12.3. The molecule has 5 heteroatoms. The molecule has 0 bridgehead atoms. The smallest absolute Gasteiger partial charge is 0.196 e. The average molecular weight is 270 g/mol. The van der Waals surface area contributed by atoms with E-state index in [1.807, 2.05) is 6.07 Å². The van der Waals surface area contributed by atoms with E-state index in [1.165, 1.54) is 23.5 Å². The van der Waals surface area contributed by atoms with Gasteiger partial charge >= 0.3 is 0 Å². The van der Waals surface area contributed by atoms with E-state index in [9.17, 15) is 9.18 Å². The Morgan fingerprint density at radius 3 is 3.00 bits per heavy atom. The van der Waals surface area contributed by atoms with E-state index in [1.54, 1.807) is 11.4 Å². The van der Waals surface area contributed by atoms with Crippen LogP contribution >= 0.6 is 22.9 Å². The molecule has 17 heavy (non-hydrogen) atoms. The Bertz CT molecular complexity index is 541. The molecule has 0 aliphatic rings. The van der Waals surface area contributed by atoms with Crippen LogP contribution in [-0.4, -0.2) is 16.6 Å². The monoisotopic (exact) mass is 269 g/mol. The normalized spacial score (nSPS) is 10.5. The minimum Gasteiger partial charge on any atom is -0.291 e. The maximum absolute atomic E-state index is 13.0. The Balaban J connectivity index is 2.14. The molecular formula is C12H9ClFNOS. The number of aromatic nitrogens is 1. The molecule has 2 aromatic rings. The van der Waals surface area contributed by atoms with Gasteiger partial charge in [0.1, 0.15) is 11.5 Å². The van der Waals surface area contributed by atoms with Gasteiger partial charge in [0.15, 0.2) is 5.78 Å². The molecule has 2 nitrogen and oxygen atoms in total. The lowest BCUT2D eigenvalue weighted by Crippen LogP contribution is -2.00. The van der Waals surface area contributed by atoms with Crippen LogP contribution in [0.5, 0.6) is 0 Å². The maximum Gasteiger partial charge on any atom is 0.196 e. The van der Waals surface area contributed by atoms with Crippen LogP contribution in [0, 0.1) is 5.82 Å². The fourth-order valence-electron chi connectivity index (χ4n) is 1.41. The van der Waals surface area contributed by atoms with E-state index in [-0.39, 0.29) is 17.5 Å². The third-order valence-corrected chi connectivity index (χ3v) is 3.29. The second-order valence-electron chi connectivity index (χ2n) is 3.49. The molecule has 1 heterocycles. The molecule has 0 aliphatic carbocycles. The van der Waals surface area contributed by atoms with Crippen molar-refractivity contribution in [3.8, 4) is 0 Å². The quantitative estimate of drug-likeness (QED) is 0.630. The van der Waals surface area contributed by atoms with Crippen molar-refractivity contribution in [1.29, 1.82) is 0 Å². The van der Waals surface area contributed by atoms with Crippen molar-refractivity contribution in [3.05, 3.63) is 51.7 Å². The van der Waals surface area contributed by atoms with E-state index in [0.29, 0.717) is 12.1 Å². The molecule has 0 atom stereocenters. The van der Waals surface area contributed by atoms with Gasteiger partial charge < -0.3 is 0 Å². The number of ketones is 1. The van der Waals surface area contributed by atoms with Gasteiger partial charge in [-0.3, -0.25) is 4.79 Å². The number of benzene rings is 1. The summed E-state index contributed by atoms with van der Waals surface area (Å²) in [5.41, 5.74) is 1.22. The van der Waals surface area contributed by atoms with Crippen LogP contribution in [-0.2, 0) is 6.42 Å². The third kappa shape index (κ3) is 3.11. The highest BCUT2D eigenvalue weighted by molar-refractivity contribution is 7.09. The highest BCUT2D eigenvalue weighted by Crippen LogP contribution is 2.16. The first-order valence-corrected chi connectivity index (χ1v) is 6.38. The van der Waals surface area contributed by atoms with Gasteiger partial charge in [-0.1, -0.05) is 12.1 Å². The van der Waals surface area contributed by atoms with Crippen molar-refractivity contribution in [1.82, 2.24) is 4.98 Å². The first-order chi connectivity index (χ1) is 8.19. The predicted molar refractivity (Wildman–Crippen MR) is 66.4 cm³/mol. The molecule has 0 spiro atoms. The summed E-state index contributed by atoms with van der Waals surface area (Å²) in [6.07, 6.45) is 0.526. The molecule has 0 radical (unpaired) electrons. The van der Waals surface area contributed by atoms with Crippen LogP contribution in [0.4, 0.5) is 4.39 Å². The average Bonchev–Trinajstić information content (AvgIpc) is 2.76. The number of rotatable bonds is 4. The van der Waals surface area contributed by atoms with Gasteiger partial charge in [0, 0.05) is 11.8 Å². The minimum atomic E-state index is -0.267. The van der Waals surface area contributed by atoms with Gasteiger partial charge in [-0.25, -0.2) is 9.37 Å². The lowest BCUT2D eigenvalue weighted by Gasteiger charge is -1.97. The fourth-order valence-corrected chi connectivity index (χ4v) is 2.38. The van der Waals surface area contributed by atoms with Crippen LogP contribution in [0.3, 0.4) is 0 Å². The topological polar surface area (TPSA) is 30.0 Å². The van der Waals surface area contributed by atoms with Crippen LogP contribution < -0.4 is 0 Å². The largest absolute Gasteiger partial charge is 0.291 e. The predicted octanol–water partition coefficient (Wildman–Crippen LogP) is 3.29. The number of hydrogen-bond donors (Lipinski definition) is 0. The van der Waals surface area contributed by atoms with E-state index < -0.39 is 0 Å². The van der Waals surface area contributed by atoms with Crippen molar-refractivity contribution in [2.45, 2.75) is 6.42 Å². The van der Waals surface area contributed by atoms with Gasteiger partial charge in [0.2, 0.25) is 0 Å². The molecule has 0 unspecified atom stereocenters. The van der Waals surface area contributed by atoms with Crippen LogP contribution in [0.2, 0.25) is 0 Å². The van der Waals surface area contributed by atoms with E-state index in [4.69, 9.17) is 11.6 Å². The number of Topliss-reactive ketones (excluding diaryl/α,β-unsaturated/α-hetero) is 1. The molecular weight excluding hydrogens is 261 g/mol.